The van der Waals surface area contributed by atoms with E-state index >= 15 is 0 Å². The first-order valence-corrected chi connectivity index (χ1v) is 4.65. The number of rotatable bonds is 2. The highest BCUT2D eigenvalue weighted by molar-refractivity contribution is 9.10. The smallest absolute Gasteiger partial charge is 0.238 e. The number of carbonyl (C=O) groups is 1. The van der Waals surface area contributed by atoms with E-state index < -0.39 is 17.5 Å². The number of anilines is 1. The van der Waals surface area contributed by atoms with Crippen LogP contribution in [0.3, 0.4) is 0 Å². The number of hydrogen-bond acceptors (Lipinski definition) is 2. The summed E-state index contributed by atoms with van der Waals surface area (Å²) in [5.74, 6) is -2.67. The van der Waals surface area contributed by atoms with E-state index in [1.165, 1.54) is 6.07 Å². The number of nitrogens with zero attached hydrogens (tertiary/aromatic N) is 1. The van der Waals surface area contributed by atoms with Crippen LogP contribution >= 0.6 is 15.9 Å². The van der Waals surface area contributed by atoms with Gasteiger partial charge in [0.2, 0.25) is 5.91 Å². The predicted molar refractivity (Wildman–Crippen MR) is 52.9 cm³/mol. The molecule has 15 heavy (non-hydrogen) atoms. The van der Waals surface area contributed by atoms with Crippen molar-refractivity contribution in [2.24, 2.45) is 0 Å². The maximum absolute atomic E-state index is 12.9. The van der Waals surface area contributed by atoms with Crippen LogP contribution in [-0.4, -0.2) is 5.91 Å². The lowest BCUT2D eigenvalue weighted by atomic mass is 10.3. The second-order valence-corrected chi connectivity index (χ2v) is 3.49. The van der Waals surface area contributed by atoms with Gasteiger partial charge in [-0.25, -0.2) is 8.78 Å². The summed E-state index contributed by atoms with van der Waals surface area (Å²) in [6, 6.07) is 3.70. The lowest BCUT2D eigenvalue weighted by molar-refractivity contribution is -0.115. The Labute approximate surface area is 92.8 Å². The van der Waals surface area contributed by atoms with Gasteiger partial charge < -0.3 is 5.32 Å². The minimum absolute atomic E-state index is 0.0882. The Morgan fingerprint density at radius 1 is 1.53 bits per heavy atom. The summed E-state index contributed by atoms with van der Waals surface area (Å²) in [7, 11) is 0. The fourth-order valence-corrected chi connectivity index (χ4v) is 1.34. The van der Waals surface area contributed by atoms with E-state index in [2.05, 4.69) is 21.2 Å². The van der Waals surface area contributed by atoms with Crippen LogP contribution in [0.5, 0.6) is 0 Å². The Balaban J connectivity index is 2.89. The SMILES string of the molecule is N#CCC(=O)Nc1cc(F)c(F)c(Br)c1. The first kappa shape index (κ1) is 11.6. The molecule has 0 aliphatic heterocycles. The van der Waals surface area contributed by atoms with Crippen LogP contribution in [0.2, 0.25) is 0 Å². The van der Waals surface area contributed by atoms with Gasteiger partial charge in [0, 0.05) is 11.8 Å². The Morgan fingerprint density at radius 3 is 2.73 bits per heavy atom. The molecular formula is C9H5BrF2N2O. The molecule has 0 bridgehead atoms. The number of nitriles is 1. The number of amides is 1. The average molecular weight is 275 g/mol. The summed E-state index contributed by atoms with van der Waals surface area (Å²) in [6.07, 6.45) is -0.337. The highest BCUT2D eigenvalue weighted by Crippen LogP contribution is 2.23. The van der Waals surface area contributed by atoms with Gasteiger partial charge in [-0.3, -0.25) is 4.79 Å². The van der Waals surface area contributed by atoms with Crippen LogP contribution in [0.4, 0.5) is 14.5 Å². The van der Waals surface area contributed by atoms with E-state index in [-0.39, 0.29) is 16.6 Å². The first-order valence-electron chi connectivity index (χ1n) is 3.86. The van der Waals surface area contributed by atoms with E-state index in [1.807, 2.05) is 0 Å². The molecule has 3 nitrogen and oxygen atoms in total. The second kappa shape index (κ2) is 4.84. The van der Waals surface area contributed by atoms with E-state index in [0.717, 1.165) is 6.07 Å². The van der Waals surface area contributed by atoms with Gasteiger partial charge in [0.1, 0.15) is 6.42 Å². The molecule has 1 amide bonds. The predicted octanol–water partition coefficient (Wildman–Crippen LogP) is 2.58. The van der Waals surface area contributed by atoms with Crippen LogP contribution < -0.4 is 5.32 Å². The monoisotopic (exact) mass is 274 g/mol. The molecule has 0 fully saturated rings. The third-order valence-electron chi connectivity index (χ3n) is 1.51. The fourth-order valence-electron chi connectivity index (χ4n) is 0.905. The molecule has 0 unspecified atom stereocenters. The molecule has 0 spiro atoms. The lowest BCUT2D eigenvalue weighted by Gasteiger charge is -2.04. The van der Waals surface area contributed by atoms with Crippen LogP contribution in [0, 0.1) is 23.0 Å². The minimum Gasteiger partial charge on any atom is -0.325 e. The Kier molecular flexibility index (Phi) is 3.74. The average Bonchev–Trinajstić information content (AvgIpc) is 2.14. The lowest BCUT2D eigenvalue weighted by Crippen LogP contribution is -2.10. The number of nitrogens with one attached hydrogen (secondary N) is 1. The summed E-state index contributed by atoms with van der Waals surface area (Å²) in [4.78, 5) is 11.0. The van der Waals surface area contributed by atoms with E-state index in [0.29, 0.717) is 0 Å². The van der Waals surface area contributed by atoms with Crippen molar-refractivity contribution >= 4 is 27.5 Å². The highest BCUT2D eigenvalue weighted by atomic mass is 79.9. The first-order chi connectivity index (χ1) is 7.04. The molecule has 1 N–H and O–H groups in total. The molecule has 0 radical (unpaired) electrons. The standard InChI is InChI=1S/C9H5BrF2N2O/c10-6-3-5(4-7(11)9(6)12)14-8(15)1-2-13/h3-4H,1H2,(H,14,15). The fraction of sp³-hybridized carbons (Fsp3) is 0.111. The summed E-state index contributed by atoms with van der Waals surface area (Å²) >= 11 is 2.79. The van der Waals surface area contributed by atoms with Crippen molar-refractivity contribution in [1.82, 2.24) is 0 Å². The molecule has 6 heteroatoms. The molecule has 1 rings (SSSR count). The van der Waals surface area contributed by atoms with Crippen LogP contribution in [0.1, 0.15) is 6.42 Å². The van der Waals surface area contributed by atoms with Gasteiger partial charge in [0.15, 0.2) is 11.6 Å². The third-order valence-corrected chi connectivity index (χ3v) is 2.08. The second-order valence-electron chi connectivity index (χ2n) is 2.64. The Bertz CT molecular complexity index is 419. The van der Waals surface area contributed by atoms with Gasteiger partial charge in [0.05, 0.1) is 10.5 Å². The number of carbonyl (C=O) groups excluding carboxylic acids is 1. The van der Waals surface area contributed by atoms with Crippen molar-refractivity contribution in [3.8, 4) is 6.07 Å². The van der Waals surface area contributed by atoms with Crippen molar-refractivity contribution in [2.45, 2.75) is 6.42 Å². The molecule has 0 aliphatic rings. The van der Waals surface area contributed by atoms with Crippen molar-refractivity contribution in [1.29, 1.82) is 5.26 Å². The van der Waals surface area contributed by atoms with E-state index in [4.69, 9.17) is 5.26 Å². The molecule has 0 aromatic heterocycles. The molecule has 0 atom stereocenters. The minimum atomic E-state index is -1.07. The summed E-state index contributed by atoms with van der Waals surface area (Å²) in [5.41, 5.74) is 0.0982. The van der Waals surface area contributed by atoms with Gasteiger partial charge in [-0.1, -0.05) is 0 Å². The normalized spacial score (nSPS) is 9.47. The van der Waals surface area contributed by atoms with Gasteiger partial charge >= 0.3 is 0 Å². The Morgan fingerprint density at radius 2 is 2.20 bits per heavy atom. The maximum atomic E-state index is 12.9. The molecule has 0 aliphatic carbocycles. The van der Waals surface area contributed by atoms with Crippen LogP contribution in [0.25, 0.3) is 0 Å². The molecule has 1 aromatic rings. The summed E-state index contributed by atoms with van der Waals surface area (Å²) in [6.45, 7) is 0. The zero-order valence-electron chi connectivity index (χ0n) is 7.35. The number of benzene rings is 1. The Hall–Kier alpha value is -1.48. The summed E-state index contributed by atoms with van der Waals surface area (Å²) < 4.78 is 25.6. The zero-order chi connectivity index (χ0) is 11.4. The largest absolute Gasteiger partial charge is 0.325 e. The molecule has 78 valence electrons. The van der Waals surface area contributed by atoms with Crippen molar-refractivity contribution < 1.29 is 13.6 Å². The number of hydrogen-bond donors (Lipinski definition) is 1. The highest BCUT2D eigenvalue weighted by Gasteiger charge is 2.10. The van der Waals surface area contributed by atoms with E-state index in [9.17, 15) is 13.6 Å². The quantitative estimate of drug-likeness (QED) is 0.843. The zero-order valence-corrected chi connectivity index (χ0v) is 8.94. The van der Waals surface area contributed by atoms with Gasteiger partial charge in [-0.05, 0) is 22.0 Å². The third kappa shape index (κ3) is 2.99. The molecule has 0 saturated carbocycles. The molecule has 0 saturated heterocycles. The van der Waals surface area contributed by atoms with Crippen LogP contribution in [-0.2, 0) is 4.79 Å². The maximum Gasteiger partial charge on any atom is 0.238 e. The van der Waals surface area contributed by atoms with Gasteiger partial charge in [-0.2, -0.15) is 5.26 Å². The molecule has 0 heterocycles. The molecule has 1 aromatic carbocycles. The van der Waals surface area contributed by atoms with Crippen molar-refractivity contribution in [2.75, 3.05) is 5.32 Å². The molecular weight excluding hydrogens is 270 g/mol. The summed E-state index contributed by atoms with van der Waals surface area (Å²) in [5, 5.41) is 10.5. The van der Waals surface area contributed by atoms with Crippen molar-refractivity contribution in [3.05, 3.63) is 28.2 Å². The number of halogens is 3. The van der Waals surface area contributed by atoms with Gasteiger partial charge in [0.25, 0.3) is 0 Å². The van der Waals surface area contributed by atoms with Crippen LogP contribution in [0.15, 0.2) is 16.6 Å². The topological polar surface area (TPSA) is 52.9 Å². The van der Waals surface area contributed by atoms with Gasteiger partial charge in [-0.15, -0.1) is 0 Å². The van der Waals surface area contributed by atoms with E-state index in [1.54, 1.807) is 6.07 Å². The van der Waals surface area contributed by atoms with Crippen molar-refractivity contribution in [3.63, 3.8) is 0 Å².